The summed E-state index contributed by atoms with van der Waals surface area (Å²) in [5, 5.41) is 6.09. The van der Waals surface area contributed by atoms with Crippen molar-refractivity contribution in [2.45, 2.75) is 25.3 Å². The number of benzene rings is 2. The molecule has 2 aromatic carbocycles. The maximum absolute atomic E-state index is 13.7. The van der Waals surface area contributed by atoms with Crippen LogP contribution in [0.1, 0.15) is 22.9 Å². The third-order valence-electron chi connectivity index (χ3n) is 6.68. The van der Waals surface area contributed by atoms with Crippen molar-refractivity contribution in [3.05, 3.63) is 89.9 Å². The molecule has 5 rings (SSSR count). The van der Waals surface area contributed by atoms with Gasteiger partial charge in [0.15, 0.2) is 0 Å². The Morgan fingerprint density at radius 3 is 2.49 bits per heavy atom. The van der Waals surface area contributed by atoms with Gasteiger partial charge in [-0.05, 0) is 35.4 Å². The largest absolute Gasteiger partial charge is 0.497 e. The summed E-state index contributed by atoms with van der Waals surface area (Å²) >= 11 is 0. The monoisotopic (exact) mass is 503 g/mol. The van der Waals surface area contributed by atoms with Gasteiger partial charge in [0.1, 0.15) is 23.7 Å². The fourth-order valence-corrected chi connectivity index (χ4v) is 4.89. The molecule has 2 saturated heterocycles. The predicted molar refractivity (Wildman–Crippen MR) is 134 cm³/mol. The zero-order valence-electron chi connectivity index (χ0n) is 20.7. The van der Waals surface area contributed by atoms with Gasteiger partial charge >= 0.3 is 6.03 Å². The fourth-order valence-electron chi connectivity index (χ4n) is 4.89. The number of furan rings is 1. The number of piperazine rings is 1. The number of amides is 4. The summed E-state index contributed by atoms with van der Waals surface area (Å²) in [6, 6.07) is 19.0. The van der Waals surface area contributed by atoms with Gasteiger partial charge in [-0.1, -0.05) is 42.5 Å². The number of nitrogens with zero attached hydrogens (tertiary/aromatic N) is 4. The first-order chi connectivity index (χ1) is 18.0. The van der Waals surface area contributed by atoms with E-state index in [9.17, 15) is 14.4 Å². The van der Waals surface area contributed by atoms with Gasteiger partial charge in [-0.3, -0.25) is 9.59 Å². The Morgan fingerprint density at radius 1 is 1.05 bits per heavy atom. The van der Waals surface area contributed by atoms with E-state index in [1.165, 1.54) is 5.01 Å². The normalized spacial score (nSPS) is 20.1. The third-order valence-corrected chi connectivity index (χ3v) is 6.68. The molecule has 10 heteroatoms. The lowest BCUT2D eigenvalue weighted by Gasteiger charge is -2.54. The molecule has 4 amide bonds. The molecule has 0 radical (unpaired) electrons. The number of ether oxygens (including phenoxy) is 1. The number of likely N-dealkylation sites (N-methyl/N-ethyl adjacent to an activating group) is 1. The Labute approximate surface area is 215 Å². The second-order valence-electron chi connectivity index (χ2n) is 9.06. The zero-order valence-corrected chi connectivity index (χ0v) is 20.7. The molecule has 2 aliphatic heterocycles. The Balaban J connectivity index is 1.44. The van der Waals surface area contributed by atoms with Gasteiger partial charge in [0.2, 0.25) is 5.91 Å². The average Bonchev–Trinajstić information content (AvgIpc) is 3.42. The van der Waals surface area contributed by atoms with Crippen LogP contribution in [0.2, 0.25) is 0 Å². The first-order valence-electron chi connectivity index (χ1n) is 12.0. The van der Waals surface area contributed by atoms with Crippen molar-refractivity contribution in [3.63, 3.8) is 0 Å². The summed E-state index contributed by atoms with van der Waals surface area (Å²) in [5.41, 5.74) is 1.60. The number of hydrazine groups is 1. The highest BCUT2D eigenvalue weighted by atomic mass is 16.5. The highest BCUT2D eigenvalue weighted by molar-refractivity contribution is 5.92. The number of carbonyl (C=O) groups is 3. The molecular formula is C27H29N5O5. The zero-order chi connectivity index (χ0) is 25.9. The number of methoxy groups -OCH3 is 1. The quantitative estimate of drug-likeness (QED) is 0.555. The molecule has 2 atom stereocenters. The number of hydrogen-bond donors (Lipinski definition) is 1. The van der Waals surface area contributed by atoms with E-state index in [0.717, 1.165) is 11.3 Å². The molecule has 1 N–H and O–H groups in total. The Bertz CT molecular complexity index is 1250. The van der Waals surface area contributed by atoms with Crippen molar-refractivity contribution in [2.24, 2.45) is 0 Å². The van der Waals surface area contributed by atoms with Crippen molar-refractivity contribution in [1.82, 2.24) is 25.1 Å². The number of fused-ring (bicyclic) bond motifs is 1. The molecule has 0 saturated carbocycles. The lowest BCUT2D eigenvalue weighted by atomic mass is 9.98. The van der Waals surface area contributed by atoms with Gasteiger partial charge in [-0.25, -0.2) is 14.8 Å². The van der Waals surface area contributed by atoms with Crippen molar-refractivity contribution in [2.75, 3.05) is 27.2 Å². The van der Waals surface area contributed by atoms with Crippen LogP contribution in [0.3, 0.4) is 0 Å². The maximum Gasteiger partial charge on any atom is 0.334 e. The SMILES string of the molecule is COc1ccc(CNC(=O)N2[C@H]3CN(Cc4ccco4)C(=O)[C@H](c4ccccc4)N3C(=O)CN2C)cc1. The average molecular weight is 504 g/mol. The number of rotatable bonds is 6. The molecular weight excluding hydrogens is 474 g/mol. The van der Waals surface area contributed by atoms with E-state index in [1.807, 2.05) is 54.6 Å². The van der Waals surface area contributed by atoms with Crippen LogP contribution in [-0.2, 0) is 22.7 Å². The third kappa shape index (κ3) is 4.88. The topological polar surface area (TPSA) is 98.6 Å². The van der Waals surface area contributed by atoms with Crippen LogP contribution in [0.4, 0.5) is 4.79 Å². The lowest BCUT2D eigenvalue weighted by molar-refractivity contribution is -0.188. The molecule has 37 heavy (non-hydrogen) atoms. The first kappa shape index (κ1) is 24.4. The Hall–Kier alpha value is -4.31. The van der Waals surface area contributed by atoms with Crippen molar-refractivity contribution in [3.8, 4) is 5.75 Å². The van der Waals surface area contributed by atoms with E-state index in [4.69, 9.17) is 9.15 Å². The molecule has 2 aliphatic rings. The summed E-state index contributed by atoms with van der Waals surface area (Å²) in [6.45, 7) is 0.653. The molecule has 10 nitrogen and oxygen atoms in total. The minimum atomic E-state index is -0.854. The highest BCUT2D eigenvalue weighted by Gasteiger charge is 2.51. The fraction of sp³-hybridized carbons (Fsp3) is 0.296. The van der Waals surface area contributed by atoms with Gasteiger partial charge in [0, 0.05) is 13.6 Å². The molecule has 1 aromatic heterocycles. The van der Waals surface area contributed by atoms with E-state index >= 15 is 0 Å². The van der Waals surface area contributed by atoms with Crippen LogP contribution in [-0.4, -0.2) is 71.1 Å². The van der Waals surface area contributed by atoms with Crippen LogP contribution in [0.15, 0.2) is 77.4 Å². The summed E-state index contributed by atoms with van der Waals surface area (Å²) in [7, 11) is 3.30. The smallest absolute Gasteiger partial charge is 0.334 e. The van der Waals surface area contributed by atoms with Gasteiger partial charge in [-0.2, -0.15) is 0 Å². The molecule has 0 unspecified atom stereocenters. The standard InChI is InChI=1S/C27H29N5O5/c1-29-18-24(33)31-23(32(29)27(35)28-15-19-10-12-21(36-2)13-11-19)17-30(16-22-9-6-14-37-22)26(34)25(31)20-7-4-3-5-8-20/h3-14,23,25H,15-18H2,1-2H3,(H,28,35)/t23-,25-/m0/s1. The van der Waals surface area contributed by atoms with Crippen LogP contribution < -0.4 is 10.1 Å². The molecule has 0 aliphatic carbocycles. The Morgan fingerprint density at radius 2 is 1.81 bits per heavy atom. The van der Waals surface area contributed by atoms with E-state index in [1.54, 1.807) is 47.4 Å². The minimum Gasteiger partial charge on any atom is -0.497 e. The summed E-state index contributed by atoms with van der Waals surface area (Å²) < 4.78 is 10.7. The minimum absolute atomic E-state index is 0.0265. The number of nitrogens with one attached hydrogen (secondary N) is 1. The number of carbonyl (C=O) groups excluding carboxylic acids is 3. The highest BCUT2D eigenvalue weighted by Crippen LogP contribution is 2.35. The summed E-state index contributed by atoms with van der Waals surface area (Å²) in [6.07, 6.45) is 0.863. The molecule has 3 heterocycles. The molecule has 192 valence electrons. The van der Waals surface area contributed by atoms with Gasteiger partial charge in [0.25, 0.3) is 5.91 Å². The van der Waals surface area contributed by atoms with E-state index in [-0.39, 0.29) is 37.5 Å². The van der Waals surface area contributed by atoms with Gasteiger partial charge < -0.3 is 24.3 Å². The van der Waals surface area contributed by atoms with Crippen molar-refractivity contribution >= 4 is 17.8 Å². The first-order valence-corrected chi connectivity index (χ1v) is 12.0. The van der Waals surface area contributed by atoms with Crippen LogP contribution in [0.5, 0.6) is 5.75 Å². The van der Waals surface area contributed by atoms with Crippen molar-refractivity contribution in [1.29, 1.82) is 0 Å². The summed E-state index contributed by atoms with van der Waals surface area (Å²) in [5.74, 6) is 0.928. The molecule has 3 aromatic rings. The van der Waals surface area contributed by atoms with Crippen LogP contribution in [0, 0.1) is 0 Å². The maximum atomic E-state index is 13.7. The Kier molecular flexibility index (Phi) is 6.82. The second kappa shape index (κ2) is 10.4. The van der Waals surface area contributed by atoms with E-state index in [0.29, 0.717) is 17.9 Å². The van der Waals surface area contributed by atoms with E-state index in [2.05, 4.69) is 5.32 Å². The predicted octanol–water partition coefficient (Wildman–Crippen LogP) is 2.60. The van der Waals surface area contributed by atoms with Crippen molar-refractivity contribution < 1.29 is 23.5 Å². The molecule has 0 bridgehead atoms. The second-order valence-corrected chi connectivity index (χ2v) is 9.06. The van der Waals surface area contributed by atoms with Gasteiger partial charge in [0.05, 0.1) is 33.0 Å². The number of hydrogen-bond acceptors (Lipinski definition) is 6. The van der Waals surface area contributed by atoms with Crippen LogP contribution in [0.25, 0.3) is 0 Å². The van der Waals surface area contributed by atoms with Crippen LogP contribution >= 0.6 is 0 Å². The summed E-state index contributed by atoms with van der Waals surface area (Å²) in [4.78, 5) is 43.7. The number of urea groups is 1. The molecule has 2 fully saturated rings. The lowest BCUT2D eigenvalue weighted by Crippen LogP contribution is -2.73. The molecule has 0 spiro atoms. The van der Waals surface area contributed by atoms with E-state index < -0.39 is 12.2 Å². The van der Waals surface area contributed by atoms with Gasteiger partial charge in [-0.15, -0.1) is 0 Å².